The minimum Gasteiger partial charge on any atom is -0.326 e. The Hall–Kier alpha value is -2.37. The summed E-state index contributed by atoms with van der Waals surface area (Å²) < 4.78 is 0. The van der Waals surface area contributed by atoms with Gasteiger partial charge in [-0.05, 0) is 47.9 Å². The lowest BCUT2D eigenvalue weighted by molar-refractivity contribution is -0.116. The van der Waals surface area contributed by atoms with Gasteiger partial charge in [-0.1, -0.05) is 37.6 Å². The van der Waals surface area contributed by atoms with Crippen molar-refractivity contribution < 1.29 is 9.59 Å². The summed E-state index contributed by atoms with van der Waals surface area (Å²) in [6.45, 7) is 5.85. The minimum absolute atomic E-state index is 0.0557. The molecule has 0 spiro atoms. The monoisotopic (exact) mass is 373 g/mol. The molecule has 0 heterocycles. The number of carbonyl (C=O) groups is 2. The Balaban J connectivity index is 1.91. The predicted octanol–water partition coefficient (Wildman–Crippen LogP) is 4.22. The molecule has 0 aromatic heterocycles. The van der Waals surface area contributed by atoms with Gasteiger partial charge < -0.3 is 16.0 Å². The Morgan fingerprint density at radius 3 is 1.96 bits per heavy atom. The number of nitrogens with one attached hydrogen (secondary N) is 3. The number of benzene rings is 2. The second kappa shape index (κ2) is 9.36. The maximum Gasteiger partial charge on any atom is 0.238 e. The van der Waals surface area contributed by atoms with Gasteiger partial charge >= 0.3 is 0 Å². The van der Waals surface area contributed by atoms with Crippen molar-refractivity contribution in [1.82, 2.24) is 5.32 Å². The third-order valence-electron chi connectivity index (χ3n) is 3.87. The molecule has 0 saturated heterocycles. The fraction of sp³-hybridized carbons (Fsp3) is 0.300. The highest BCUT2D eigenvalue weighted by Crippen LogP contribution is 2.23. The first-order valence-corrected chi connectivity index (χ1v) is 8.89. The van der Waals surface area contributed by atoms with E-state index in [-0.39, 0.29) is 24.4 Å². The molecule has 0 aliphatic carbocycles. The molecule has 5 nitrogen and oxygen atoms in total. The number of amides is 2. The fourth-order valence-electron chi connectivity index (χ4n) is 2.66. The molecule has 2 aromatic carbocycles. The molecule has 0 unspecified atom stereocenters. The topological polar surface area (TPSA) is 70.2 Å². The molecule has 138 valence electrons. The van der Waals surface area contributed by atoms with Gasteiger partial charge in [0.1, 0.15) is 0 Å². The predicted molar refractivity (Wildman–Crippen MR) is 106 cm³/mol. The Labute approximate surface area is 159 Å². The molecule has 0 radical (unpaired) electrons. The summed E-state index contributed by atoms with van der Waals surface area (Å²) in [5, 5.41) is 9.52. The van der Waals surface area contributed by atoms with E-state index in [1.54, 1.807) is 24.3 Å². The number of rotatable bonds is 7. The Morgan fingerprint density at radius 2 is 1.46 bits per heavy atom. The molecule has 1 atom stereocenters. The van der Waals surface area contributed by atoms with Crippen LogP contribution in [0.4, 0.5) is 11.4 Å². The van der Waals surface area contributed by atoms with Crippen molar-refractivity contribution in [3.8, 4) is 0 Å². The number of carbonyl (C=O) groups excluding carboxylic acids is 2. The van der Waals surface area contributed by atoms with Crippen LogP contribution in [0.25, 0.3) is 0 Å². The van der Waals surface area contributed by atoms with Crippen LogP contribution in [0.5, 0.6) is 0 Å². The molecule has 0 aliphatic rings. The lowest BCUT2D eigenvalue weighted by Gasteiger charge is -2.23. The van der Waals surface area contributed by atoms with Crippen LogP contribution in [0.2, 0.25) is 5.02 Å². The number of hydrogen-bond donors (Lipinski definition) is 3. The van der Waals surface area contributed by atoms with Gasteiger partial charge in [0.15, 0.2) is 0 Å². The second-order valence-corrected chi connectivity index (χ2v) is 6.90. The van der Waals surface area contributed by atoms with Crippen molar-refractivity contribution in [2.75, 3.05) is 17.2 Å². The Bertz CT molecular complexity index is 743. The number of anilines is 2. The molecule has 2 amide bonds. The summed E-state index contributed by atoms with van der Waals surface area (Å²) in [4.78, 5) is 23.2. The van der Waals surface area contributed by atoms with E-state index in [1.807, 2.05) is 24.3 Å². The van der Waals surface area contributed by atoms with Crippen LogP contribution in [0.3, 0.4) is 0 Å². The Kier molecular flexibility index (Phi) is 7.18. The molecule has 2 aromatic rings. The Morgan fingerprint density at radius 1 is 0.923 bits per heavy atom. The highest BCUT2D eigenvalue weighted by atomic mass is 35.5. The highest BCUT2D eigenvalue weighted by Gasteiger charge is 2.16. The second-order valence-electron chi connectivity index (χ2n) is 6.46. The third kappa shape index (κ3) is 6.17. The van der Waals surface area contributed by atoms with Crippen LogP contribution in [0.1, 0.15) is 32.4 Å². The van der Waals surface area contributed by atoms with Crippen LogP contribution in [0.15, 0.2) is 48.5 Å². The first-order valence-electron chi connectivity index (χ1n) is 8.51. The quantitative estimate of drug-likeness (QED) is 0.680. The standard InChI is InChI=1S/C20H24ClN3O2/c1-13(2)20(15-4-6-16(21)7-5-15)22-12-19(26)24-18-10-8-17(9-11-18)23-14(3)25/h4-11,13,20,22H,12H2,1-3H3,(H,23,25)(H,24,26)/t20-/m0/s1. The zero-order chi connectivity index (χ0) is 19.1. The average Bonchev–Trinajstić information content (AvgIpc) is 2.57. The number of halogens is 1. The van der Waals surface area contributed by atoms with E-state index < -0.39 is 0 Å². The van der Waals surface area contributed by atoms with E-state index in [0.717, 1.165) is 5.56 Å². The SMILES string of the molecule is CC(=O)Nc1ccc(NC(=O)CN[C@H](c2ccc(Cl)cc2)C(C)C)cc1. The lowest BCUT2D eigenvalue weighted by Crippen LogP contribution is -2.33. The van der Waals surface area contributed by atoms with E-state index in [4.69, 9.17) is 11.6 Å². The van der Waals surface area contributed by atoms with Crippen LogP contribution >= 0.6 is 11.6 Å². The van der Waals surface area contributed by atoms with Crippen molar-refractivity contribution >= 4 is 34.8 Å². The van der Waals surface area contributed by atoms with Gasteiger partial charge in [-0.2, -0.15) is 0 Å². The van der Waals surface area contributed by atoms with Crippen molar-refractivity contribution in [1.29, 1.82) is 0 Å². The molecule has 0 bridgehead atoms. The first-order chi connectivity index (χ1) is 12.3. The van der Waals surface area contributed by atoms with Gasteiger partial charge in [0.05, 0.1) is 6.54 Å². The van der Waals surface area contributed by atoms with Gasteiger partial charge in [0.25, 0.3) is 0 Å². The van der Waals surface area contributed by atoms with E-state index in [1.165, 1.54) is 6.92 Å². The van der Waals surface area contributed by atoms with Gasteiger partial charge in [-0.15, -0.1) is 0 Å². The summed E-state index contributed by atoms with van der Waals surface area (Å²) >= 11 is 5.94. The van der Waals surface area contributed by atoms with Crippen molar-refractivity contribution in [2.24, 2.45) is 5.92 Å². The number of hydrogen-bond acceptors (Lipinski definition) is 3. The molecule has 0 fully saturated rings. The van der Waals surface area contributed by atoms with Crippen LogP contribution in [0, 0.1) is 5.92 Å². The maximum atomic E-state index is 12.2. The van der Waals surface area contributed by atoms with E-state index in [2.05, 4.69) is 29.8 Å². The van der Waals surface area contributed by atoms with E-state index >= 15 is 0 Å². The first kappa shape index (κ1) is 19.9. The summed E-state index contributed by atoms with van der Waals surface area (Å²) in [5.74, 6) is 0.0608. The summed E-state index contributed by atoms with van der Waals surface area (Å²) in [7, 11) is 0. The van der Waals surface area contributed by atoms with Gasteiger partial charge in [0, 0.05) is 29.4 Å². The van der Waals surface area contributed by atoms with Crippen molar-refractivity contribution in [3.05, 3.63) is 59.1 Å². The smallest absolute Gasteiger partial charge is 0.238 e. The van der Waals surface area contributed by atoms with Gasteiger partial charge in [-0.25, -0.2) is 0 Å². The molecule has 3 N–H and O–H groups in total. The summed E-state index contributed by atoms with van der Waals surface area (Å²) in [6, 6.07) is 14.7. The van der Waals surface area contributed by atoms with E-state index in [9.17, 15) is 9.59 Å². The summed E-state index contributed by atoms with van der Waals surface area (Å²) in [5.41, 5.74) is 2.46. The lowest BCUT2D eigenvalue weighted by atomic mass is 9.96. The highest BCUT2D eigenvalue weighted by molar-refractivity contribution is 6.30. The minimum atomic E-state index is -0.132. The normalized spacial score (nSPS) is 11.9. The van der Waals surface area contributed by atoms with Crippen molar-refractivity contribution in [3.63, 3.8) is 0 Å². The zero-order valence-electron chi connectivity index (χ0n) is 15.2. The molecule has 0 saturated carbocycles. The van der Waals surface area contributed by atoms with Crippen LogP contribution in [-0.2, 0) is 9.59 Å². The van der Waals surface area contributed by atoms with Crippen LogP contribution < -0.4 is 16.0 Å². The average molecular weight is 374 g/mol. The van der Waals surface area contributed by atoms with Gasteiger partial charge in [0.2, 0.25) is 11.8 Å². The maximum absolute atomic E-state index is 12.2. The largest absolute Gasteiger partial charge is 0.326 e. The third-order valence-corrected chi connectivity index (χ3v) is 4.12. The summed E-state index contributed by atoms with van der Waals surface area (Å²) in [6.07, 6.45) is 0. The van der Waals surface area contributed by atoms with Crippen LogP contribution in [-0.4, -0.2) is 18.4 Å². The molecule has 2 rings (SSSR count). The zero-order valence-corrected chi connectivity index (χ0v) is 15.9. The fourth-order valence-corrected chi connectivity index (χ4v) is 2.78. The molecule has 6 heteroatoms. The molecular weight excluding hydrogens is 350 g/mol. The molecular formula is C20H24ClN3O2. The molecule has 26 heavy (non-hydrogen) atoms. The van der Waals surface area contributed by atoms with E-state index in [0.29, 0.717) is 22.3 Å². The van der Waals surface area contributed by atoms with Gasteiger partial charge in [-0.3, -0.25) is 9.59 Å². The molecule has 0 aliphatic heterocycles. The van der Waals surface area contributed by atoms with Crippen molar-refractivity contribution in [2.45, 2.75) is 26.8 Å².